The van der Waals surface area contributed by atoms with E-state index in [2.05, 4.69) is 31.6 Å². The van der Waals surface area contributed by atoms with E-state index in [1.54, 1.807) is 12.4 Å². The molecule has 4 rings (SSSR count). The molecule has 2 aromatic heterocycles. The highest BCUT2D eigenvalue weighted by Gasteiger charge is 2.40. The largest absolute Gasteiger partial charge is 0.370 e. The molecule has 2 aromatic rings. The van der Waals surface area contributed by atoms with Crippen molar-refractivity contribution in [1.29, 1.82) is 5.26 Å². The maximum atomic E-state index is 14.8. The van der Waals surface area contributed by atoms with Gasteiger partial charge in [-0.15, -0.1) is 0 Å². The molecule has 0 radical (unpaired) electrons. The number of alkyl halides is 1. The Morgan fingerprint density at radius 3 is 3.13 bits per heavy atom. The van der Waals surface area contributed by atoms with Crippen LogP contribution in [0.2, 0.25) is 0 Å². The van der Waals surface area contributed by atoms with Gasteiger partial charge < -0.3 is 20.3 Å². The maximum absolute atomic E-state index is 14.8. The van der Waals surface area contributed by atoms with E-state index in [1.165, 1.54) is 0 Å². The molecule has 2 fully saturated rings. The Kier molecular flexibility index (Phi) is 5.79. The quantitative estimate of drug-likeness (QED) is 0.780. The van der Waals surface area contributed by atoms with Gasteiger partial charge in [-0.25, -0.2) is 9.37 Å². The van der Waals surface area contributed by atoms with Crippen LogP contribution in [-0.4, -0.2) is 66.5 Å². The molecular weight excluding hydrogens is 387 g/mol. The molecule has 0 saturated carbocycles. The van der Waals surface area contributed by atoms with E-state index in [0.29, 0.717) is 25.0 Å². The summed E-state index contributed by atoms with van der Waals surface area (Å²) in [5.41, 5.74) is -0.154. The predicted molar refractivity (Wildman–Crippen MR) is 110 cm³/mol. The highest BCUT2D eigenvalue weighted by molar-refractivity contribution is 5.93. The van der Waals surface area contributed by atoms with Gasteiger partial charge in [0.15, 0.2) is 5.69 Å². The minimum Gasteiger partial charge on any atom is -0.370 e. The number of halogens is 1. The van der Waals surface area contributed by atoms with E-state index < -0.39 is 11.6 Å². The van der Waals surface area contributed by atoms with Gasteiger partial charge in [0.05, 0.1) is 24.1 Å². The number of morpholine rings is 1. The fourth-order valence-corrected chi connectivity index (χ4v) is 4.17. The average molecular weight is 412 g/mol. The van der Waals surface area contributed by atoms with Crippen LogP contribution in [0.5, 0.6) is 0 Å². The van der Waals surface area contributed by atoms with Crippen molar-refractivity contribution in [1.82, 2.24) is 20.6 Å². The van der Waals surface area contributed by atoms with Crippen molar-refractivity contribution in [3.63, 3.8) is 0 Å². The Balaban J connectivity index is 1.48. The summed E-state index contributed by atoms with van der Waals surface area (Å²) in [5.74, 6) is -0.585. The minimum absolute atomic E-state index is 0.0444. The molecule has 0 bridgehead atoms. The number of pyridine rings is 2. The number of fused-ring (bicyclic) bond motifs is 1. The molecule has 2 saturated heterocycles. The van der Waals surface area contributed by atoms with Crippen LogP contribution in [0.4, 0.5) is 10.1 Å². The van der Waals surface area contributed by atoms with Crippen LogP contribution in [0.3, 0.4) is 0 Å². The number of nitriles is 1. The van der Waals surface area contributed by atoms with Crippen LogP contribution in [0.25, 0.3) is 10.9 Å². The van der Waals surface area contributed by atoms with Crippen molar-refractivity contribution in [2.75, 3.05) is 37.6 Å². The summed E-state index contributed by atoms with van der Waals surface area (Å²) in [5, 5.41) is 15.8. The lowest BCUT2D eigenvalue weighted by atomic mass is 9.95. The van der Waals surface area contributed by atoms with Gasteiger partial charge in [-0.1, -0.05) is 0 Å². The molecule has 2 aliphatic rings. The molecule has 8 nitrogen and oxygen atoms in total. The van der Waals surface area contributed by atoms with Crippen LogP contribution in [0.1, 0.15) is 25.5 Å². The van der Waals surface area contributed by atoms with Crippen LogP contribution >= 0.6 is 0 Å². The van der Waals surface area contributed by atoms with E-state index in [1.807, 2.05) is 19.1 Å². The van der Waals surface area contributed by atoms with Gasteiger partial charge in [0.25, 0.3) is 5.91 Å². The lowest BCUT2D eigenvalue weighted by Gasteiger charge is -2.39. The number of hydrogen-bond donors (Lipinski definition) is 2. The van der Waals surface area contributed by atoms with Gasteiger partial charge in [-0.05, 0) is 38.4 Å². The van der Waals surface area contributed by atoms with E-state index in [-0.39, 0.29) is 37.4 Å². The van der Waals surface area contributed by atoms with Gasteiger partial charge in [-0.2, -0.15) is 5.26 Å². The van der Waals surface area contributed by atoms with Gasteiger partial charge in [-0.3, -0.25) is 9.78 Å². The van der Waals surface area contributed by atoms with E-state index >= 15 is 0 Å². The second kappa shape index (κ2) is 8.50. The molecule has 3 atom stereocenters. The van der Waals surface area contributed by atoms with Crippen LogP contribution in [0, 0.1) is 11.3 Å². The van der Waals surface area contributed by atoms with Crippen molar-refractivity contribution in [2.24, 2.45) is 0 Å². The number of carbonyl (C=O) groups excluding carboxylic acids is 1. The average Bonchev–Trinajstić information content (AvgIpc) is 2.76. The third-order valence-electron chi connectivity index (χ3n) is 5.63. The number of aromatic nitrogens is 2. The smallest absolute Gasteiger partial charge is 0.259 e. The zero-order valence-electron chi connectivity index (χ0n) is 16.9. The first-order chi connectivity index (χ1) is 14.5. The Labute approximate surface area is 174 Å². The lowest BCUT2D eigenvalue weighted by Crippen LogP contribution is -2.56. The molecule has 2 aliphatic heterocycles. The SMILES string of the molecule is C[C@@H]1CN(c2cnc(C#N)c3ncccc23)C[C@H](CNC(=O)C2(F)CCCNC2)O1. The molecule has 0 aliphatic carbocycles. The number of rotatable bonds is 4. The number of carbonyl (C=O) groups is 1. The number of amides is 1. The topological polar surface area (TPSA) is 103 Å². The number of ether oxygens (including phenoxy) is 1. The fourth-order valence-electron chi connectivity index (χ4n) is 4.17. The maximum Gasteiger partial charge on any atom is 0.259 e. The van der Waals surface area contributed by atoms with Gasteiger partial charge in [0.1, 0.15) is 11.6 Å². The van der Waals surface area contributed by atoms with E-state index in [4.69, 9.17) is 4.74 Å². The molecule has 158 valence electrons. The first-order valence-corrected chi connectivity index (χ1v) is 10.2. The summed E-state index contributed by atoms with van der Waals surface area (Å²) in [6, 6.07) is 5.82. The first-order valence-electron chi connectivity index (χ1n) is 10.2. The molecule has 4 heterocycles. The number of anilines is 1. The molecular formula is C21H25FN6O2. The summed E-state index contributed by atoms with van der Waals surface area (Å²) >= 11 is 0. The Morgan fingerprint density at radius 1 is 1.50 bits per heavy atom. The van der Waals surface area contributed by atoms with Gasteiger partial charge in [0, 0.05) is 37.8 Å². The summed E-state index contributed by atoms with van der Waals surface area (Å²) in [7, 11) is 0. The molecule has 9 heteroatoms. The number of nitrogens with zero attached hydrogens (tertiary/aromatic N) is 4. The Hall–Kier alpha value is -2.83. The second-order valence-corrected chi connectivity index (χ2v) is 7.93. The molecule has 1 amide bonds. The molecule has 30 heavy (non-hydrogen) atoms. The Bertz CT molecular complexity index is 972. The van der Waals surface area contributed by atoms with Crippen molar-refractivity contribution in [2.45, 2.75) is 37.6 Å². The highest BCUT2D eigenvalue weighted by atomic mass is 19.1. The zero-order chi connectivity index (χ0) is 21.1. The molecule has 0 spiro atoms. The summed E-state index contributed by atoms with van der Waals surface area (Å²) < 4.78 is 20.8. The standard InChI is InChI=1S/C21H25FN6O2/c1-14-11-28(18-10-26-17(8-23)19-16(18)4-2-7-25-19)12-15(30-14)9-27-20(29)21(22)5-3-6-24-13-21/h2,4,7,10,14-15,24H,3,5-6,9,11-13H2,1H3,(H,27,29)/t14-,15+,21?/m1/s1. The Morgan fingerprint density at radius 2 is 2.37 bits per heavy atom. The third kappa shape index (κ3) is 4.06. The predicted octanol–water partition coefficient (Wildman–Crippen LogP) is 1.30. The summed E-state index contributed by atoms with van der Waals surface area (Å²) in [4.78, 5) is 23.1. The zero-order valence-corrected chi connectivity index (χ0v) is 16.9. The second-order valence-electron chi connectivity index (χ2n) is 7.93. The van der Waals surface area contributed by atoms with Gasteiger partial charge in [0.2, 0.25) is 5.67 Å². The van der Waals surface area contributed by atoms with Gasteiger partial charge >= 0.3 is 0 Å². The van der Waals surface area contributed by atoms with E-state index in [9.17, 15) is 14.4 Å². The minimum atomic E-state index is -1.86. The summed E-state index contributed by atoms with van der Waals surface area (Å²) in [6.07, 6.45) is 3.82. The third-order valence-corrected chi connectivity index (χ3v) is 5.63. The number of hydrogen-bond acceptors (Lipinski definition) is 7. The van der Waals surface area contributed by atoms with E-state index in [0.717, 1.165) is 17.6 Å². The number of nitrogens with one attached hydrogen (secondary N) is 2. The normalized spacial score (nSPS) is 26.9. The molecule has 1 unspecified atom stereocenters. The monoisotopic (exact) mass is 412 g/mol. The molecule has 0 aromatic carbocycles. The molecule has 2 N–H and O–H groups in total. The van der Waals surface area contributed by atoms with Crippen LogP contribution in [0.15, 0.2) is 24.5 Å². The fraction of sp³-hybridized carbons (Fsp3) is 0.524. The van der Waals surface area contributed by atoms with Crippen LogP contribution < -0.4 is 15.5 Å². The highest BCUT2D eigenvalue weighted by Crippen LogP contribution is 2.29. The first kappa shape index (κ1) is 20.4. The number of piperidine rings is 1. The van der Waals surface area contributed by atoms with Crippen molar-refractivity contribution in [3.05, 3.63) is 30.2 Å². The summed E-state index contributed by atoms with van der Waals surface area (Å²) in [6.45, 7) is 4.12. The van der Waals surface area contributed by atoms with Crippen molar-refractivity contribution in [3.8, 4) is 6.07 Å². The van der Waals surface area contributed by atoms with Crippen molar-refractivity contribution < 1.29 is 13.9 Å². The van der Waals surface area contributed by atoms with Crippen LogP contribution in [-0.2, 0) is 9.53 Å². The lowest BCUT2D eigenvalue weighted by molar-refractivity contribution is -0.135. The van der Waals surface area contributed by atoms with Crippen molar-refractivity contribution >= 4 is 22.5 Å².